The molecule has 0 spiro atoms. The summed E-state index contributed by atoms with van der Waals surface area (Å²) >= 11 is 1.44. The number of thioether (sulfide) groups is 1. The highest BCUT2D eigenvalue weighted by Crippen LogP contribution is 2.19. The summed E-state index contributed by atoms with van der Waals surface area (Å²) in [5.41, 5.74) is 1.40. The van der Waals surface area contributed by atoms with Crippen LogP contribution in [0.5, 0.6) is 0 Å². The summed E-state index contributed by atoms with van der Waals surface area (Å²) in [7, 11) is 0. The number of pyridine rings is 1. The van der Waals surface area contributed by atoms with Crippen LogP contribution in [0.1, 0.15) is 22.1 Å². The number of nitrogens with zero attached hydrogens (tertiary/aromatic N) is 4. The van der Waals surface area contributed by atoms with E-state index in [9.17, 15) is 4.79 Å². The van der Waals surface area contributed by atoms with Gasteiger partial charge in [-0.3, -0.25) is 14.7 Å². The SMILES string of the molecule is CSc1ncc(C(=O)NCC(c2ccccn2)N2CCOCC2)cn1. The molecule has 3 heterocycles. The van der Waals surface area contributed by atoms with Gasteiger partial charge in [0, 0.05) is 38.2 Å². The molecular weight excluding hydrogens is 338 g/mol. The molecule has 2 aromatic heterocycles. The minimum atomic E-state index is -0.179. The first-order valence-electron chi connectivity index (χ1n) is 8.15. The van der Waals surface area contributed by atoms with Gasteiger partial charge in [0.15, 0.2) is 5.16 Å². The van der Waals surface area contributed by atoms with Crippen LogP contribution in [-0.2, 0) is 4.74 Å². The lowest BCUT2D eigenvalue weighted by Gasteiger charge is -2.34. The summed E-state index contributed by atoms with van der Waals surface area (Å²) in [6.07, 6.45) is 6.78. The number of aromatic nitrogens is 3. The number of hydrogen-bond acceptors (Lipinski definition) is 7. The smallest absolute Gasteiger partial charge is 0.254 e. The minimum Gasteiger partial charge on any atom is -0.379 e. The van der Waals surface area contributed by atoms with Crippen molar-refractivity contribution >= 4 is 17.7 Å². The van der Waals surface area contributed by atoms with Gasteiger partial charge in [0.25, 0.3) is 5.91 Å². The first-order valence-corrected chi connectivity index (χ1v) is 9.37. The van der Waals surface area contributed by atoms with Crippen LogP contribution in [0.3, 0.4) is 0 Å². The molecule has 2 aromatic rings. The molecule has 1 aliphatic heterocycles. The Balaban J connectivity index is 1.68. The summed E-state index contributed by atoms with van der Waals surface area (Å²) in [6, 6.07) is 5.86. The number of nitrogens with one attached hydrogen (secondary N) is 1. The molecule has 1 fully saturated rings. The van der Waals surface area contributed by atoms with E-state index in [2.05, 4.69) is 25.2 Å². The molecule has 1 N–H and O–H groups in total. The van der Waals surface area contributed by atoms with Crippen molar-refractivity contribution in [2.24, 2.45) is 0 Å². The predicted molar refractivity (Wildman–Crippen MR) is 95.5 cm³/mol. The summed E-state index contributed by atoms with van der Waals surface area (Å²) in [4.78, 5) is 27.4. The zero-order valence-corrected chi connectivity index (χ0v) is 14.9. The van der Waals surface area contributed by atoms with Crippen molar-refractivity contribution in [3.05, 3.63) is 48.0 Å². The summed E-state index contributed by atoms with van der Waals surface area (Å²) in [6.45, 7) is 3.51. The summed E-state index contributed by atoms with van der Waals surface area (Å²) < 4.78 is 5.43. The fourth-order valence-electron chi connectivity index (χ4n) is 2.71. The molecule has 1 saturated heterocycles. The van der Waals surface area contributed by atoms with Gasteiger partial charge in [-0.2, -0.15) is 0 Å². The van der Waals surface area contributed by atoms with Crippen LogP contribution >= 0.6 is 11.8 Å². The quantitative estimate of drug-likeness (QED) is 0.617. The molecule has 132 valence electrons. The number of hydrogen-bond donors (Lipinski definition) is 1. The van der Waals surface area contributed by atoms with Crippen molar-refractivity contribution in [3.63, 3.8) is 0 Å². The molecule has 0 aliphatic carbocycles. The lowest BCUT2D eigenvalue weighted by atomic mass is 10.1. The molecule has 1 atom stereocenters. The van der Waals surface area contributed by atoms with E-state index in [0.717, 1.165) is 18.8 Å². The number of carbonyl (C=O) groups is 1. The normalized spacial score (nSPS) is 16.4. The molecule has 1 unspecified atom stereocenters. The maximum atomic E-state index is 12.4. The zero-order valence-electron chi connectivity index (χ0n) is 14.1. The highest BCUT2D eigenvalue weighted by atomic mass is 32.2. The van der Waals surface area contributed by atoms with Crippen LogP contribution in [0.15, 0.2) is 41.9 Å². The van der Waals surface area contributed by atoms with E-state index in [4.69, 9.17) is 4.74 Å². The Morgan fingerprint density at radius 2 is 2.04 bits per heavy atom. The lowest BCUT2D eigenvalue weighted by Crippen LogP contribution is -2.44. The standard InChI is InChI=1S/C17H21N5O2S/c1-25-17-20-10-13(11-21-17)16(23)19-12-15(14-4-2-3-5-18-14)22-6-8-24-9-7-22/h2-5,10-11,15H,6-9,12H2,1H3,(H,19,23). The van der Waals surface area contributed by atoms with E-state index in [-0.39, 0.29) is 11.9 Å². The van der Waals surface area contributed by atoms with Gasteiger partial charge in [0.1, 0.15) is 0 Å². The van der Waals surface area contributed by atoms with Gasteiger partial charge in [-0.25, -0.2) is 9.97 Å². The van der Waals surface area contributed by atoms with Gasteiger partial charge in [0.05, 0.1) is 30.5 Å². The third-order valence-corrected chi connectivity index (χ3v) is 4.62. The molecule has 1 amide bonds. The van der Waals surface area contributed by atoms with Gasteiger partial charge >= 0.3 is 0 Å². The fraction of sp³-hybridized carbons (Fsp3) is 0.412. The average molecular weight is 359 g/mol. The maximum Gasteiger partial charge on any atom is 0.254 e. The monoisotopic (exact) mass is 359 g/mol. The Bertz CT molecular complexity index is 677. The van der Waals surface area contributed by atoms with Gasteiger partial charge in [-0.1, -0.05) is 17.8 Å². The van der Waals surface area contributed by atoms with E-state index in [1.54, 1.807) is 18.6 Å². The van der Waals surface area contributed by atoms with Crippen molar-refractivity contribution in [1.29, 1.82) is 0 Å². The second-order valence-corrected chi connectivity index (χ2v) is 6.36. The van der Waals surface area contributed by atoms with Crippen LogP contribution in [0.2, 0.25) is 0 Å². The molecule has 8 heteroatoms. The van der Waals surface area contributed by atoms with Crippen LogP contribution < -0.4 is 5.32 Å². The first kappa shape index (κ1) is 17.8. The predicted octanol–water partition coefficient (Wildman–Crippen LogP) is 1.40. The van der Waals surface area contributed by atoms with Crippen LogP contribution in [-0.4, -0.2) is 64.9 Å². The number of amides is 1. The van der Waals surface area contributed by atoms with Gasteiger partial charge in [-0.05, 0) is 18.4 Å². The third-order valence-electron chi connectivity index (χ3n) is 4.04. The van der Waals surface area contributed by atoms with Crippen molar-refractivity contribution in [1.82, 2.24) is 25.2 Å². The van der Waals surface area contributed by atoms with Gasteiger partial charge < -0.3 is 10.1 Å². The first-order chi connectivity index (χ1) is 12.3. The second kappa shape index (κ2) is 8.89. The molecular formula is C17H21N5O2S. The Kier molecular flexibility index (Phi) is 6.32. The average Bonchev–Trinajstić information content (AvgIpc) is 2.70. The van der Waals surface area contributed by atoms with Crippen molar-refractivity contribution in [2.75, 3.05) is 39.1 Å². The van der Waals surface area contributed by atoms with E-state index < -0.39 is 0 Å². The molecule has 0 bridgehead atoms. The molecule has 25 heavy (non-hydrogen) atoms. The molecule has 0 saturated carbocycles. The largest absolute Gasteiger partial charge is 0.379 e. The highest BCUT2D eigenvalue weighted by molar-refractivity contribution is 7.98. The van der Waals surface area contributed by atoms with Crippen molar-refractivity contribution in [3.8, 4) is 0 Å². The molecule has 3 rings (SSSR count). The fourth-order valence-corrected chi connectivity index (χ4v) is 3.03. The molecule has 0 aromatic carbocycles. The zero-order chi connectivity index (χ0) is 17.5. The van der Waals surface area contributed by atoms with Gasteiger partial charge in [0.2, 0.25) is 0 Å². The van der Waals surface area contributed by atoms with Crippen molar-refractivity contribution in [2.45, 2.75) is 11.2 Å². The lowest BCUT2D eigenvalue weighted by molar-refractivity contribution is 0.0154. The third kappa shape index (κ3) is 4.75. The van der Waals surface area contributed by atoms with E-state index in [1.807, 2.05) is 24.5 Å². The minimum absolute atomic E-state index is 0.0143. The topological polar surface area (TPSA) is 80.2 Å². The maximum absolute atomic E-state index is 12.4. The number of morpholine rings is 1. The Morgan fingerprint density at radius 3 is 2.68 bits per heavy atom. The van der Waals surface area contributed by atoms with E-state index in [1.165, 1.54) is 11.8 Å². The highest BCUT2D eigenvalue weighted by Gasteiger charge is 2.24. The Labute approximate surface area is 151 Å². The van der Waals surface area contributed by atoms with Crippen LogP contribution in [0.4, 0.5) is 0 Å². The van der Waals surface area contributed by atoms with Crippen molar-refractivity contribution < 1.29 is 9.53 Å². The van der Waals surface area contributed by atoms with Crippen LogP contribution in [0, 0.1) is 0 Å². The number of ether oxygens (including phenoxy) is 1. The number of carbonyl (C=O) groups excluding carboxylic acids is 1. The van der Waals surface area contributed by atoms with E-state index >= 15 is 0 Å². The van der Waals surface area contributed by atoms with Gasteiger partial charge in [-0.15, -0.1) is 0 Å². The Morgan fingerprint density at radius 1 is 1.28 bits per heavy atom. The van der Waals surface area contributed by atoms with E-state index in [0.29, 0.717) is 30.5 Å². The number of rotatable bonds is 6. The summed E-state index contributed by atoms with van der Waals surface area (Å²) in [5, 5.41) is 3.63. The Hall–Kier alpha value is -2.03. The molecule has 0 radical (unpaired) electrons. The molecule has 1 aliphatic rings. The molecule has 7 nitrogen and oxygen atoms in total. The van der Waals surface area contributed by atoms with Crippen LogP contribution in [0.25, 0.3) is 0 Å². The second-order valence-electron chi connectivity index (χ2n) is 5.59. The summed E-state index contributed by atoms with van der Waals surface area (Å²) in [5.74, 6) is -0.179.